The van der Waals surface area contributed by atoms with Gasteiger partial charge in [0.2, 0.25) is 10.0 Å². The molecule has 2 aromatic rings. The smallest absolute Gasteiger partial charge is 0.207 e. The number of halogens is 4. The van der Waals surface area contributed by atoms with E-state index >= 15 is 0 Å². The highest BCUT2D eigenvalue weighted by molar-refractivity contribution is 7.89. The Bertz CT molecular complexity index is 849. The van der Waals surface area contributed by atoms with Crippen LogP contribution in [-0.4, -0.2) is 19.3 Å². The third-order valence-electron chi connectivity index (χ3n) is 4.02. The van der Waals surface area contributed by atoms with Crippen LogP contribution in [0.25, 0.3) is 0 Å². The van der Waals surface area contributed by atoms with Crippen molar-refractivity contribution in [3.05, 3.63) is 63.6 Å². The van der Waals surface area contributed by atoms with Crippen LogP contribution in [0.3, 0.4) is 0 Å². The molecule has 3 nitrogen and oxygen atoms in total. The molecule has 1 heterocycles. The van der Waals surface area contributed by atoms with Crippen molar-refractivity contribution in [3.63, 3.8) is 0 Å². The molecule has 128 valence electrons. The van der Waals surface area contributed by atoms with Crippen LogP contribution in [0.5, 0.6) is 0 Å². The molecular formula is C16H13Cl2F2NO2S. The molecule has 1 aliphatic rings. The first-order chi connectivity index (χ1) is 11.3. The lowest BCUT2D eigenvalue weighted by Gasteiger charge is -2.24. The van der Waals surface area contributed by atoms with E-state index in [-0.39, 0.29) is 20.8 Å². The highest BCUT2D eigenvalue weighted by atomic mass is 35.5. The Balaban J connectivity index is 2.01. The zero-order valence-corrected chi connectivity index (χ0v) is 14.7. The van der Waals surface area contributed by atoms with Gasteiger partial charge in [-0.05, 0) is 42.7 Å². The van der Waals surface area contributed by atoms with Crippen molar-refractivity contribution in [3.8, 4) is 0 Å². The molecule has 1 fully saturated rings. The molecule has 0 saturated carbocycles. The Hall–Kier alpha value is -1.21. The predicted molar refractivity (Wildman–Crippen MR) is 88.7 cm³/mol. The molecule has 0 unspecified atom stereocenters. The topological polar surface area (TPSA) is 37.4 Å². The molecule has 1 saturated heterocycles. The fourth-order valence-electron chi connectivity index (χ4n) is 2.86. The van der Waals surface area contributed by atoms with Crippen LogP contribution in [0.1, 0.15) is 24.4 Å². The summed E-state index contributed by atoms with van der Waals surface area (Å²) in [5.41, 5.74) is 0.705. The Morgan fingerprint density at radius 2 is 1.62 bits per heavy atom. The SMILES string of the molecule is O=S(=O)(c1cc(Cl)c(F)c(Cl)c1)N1CCC[C@@H]1c1ccc(F)cc1. The van der Waals surface area contributed by atoms with Gasteiger partial charge >= 0.3 is 0 Å². The van der Waals surface area contributed by atoms with E-state index in [1.54, 1.807) is 12.1 Å². The Morgan fingerprint density at radius 1 is 1.04 bits per heavy atom. The fourth-order valence-corrected chi connectivity index (χ4v) is 5.21. The Kier molecular flexibility index (Phi) is 4.84. The quantitative estimate of drug-likeness (QED) is 0.704. The third-order valence-corrected chi connectivity index (χ3v) is 6.46. The number of nitrogens with zero attached hydrogens (tertiary/aromatic N) is 1. The van der Waals surface area contributed by atoms with Gasteiger partial charge in [-0.15, -0.1) is 0 Å². The summed E-state index contributed by atoms with van der Waals surface area (Å²) in [4.78, 5) is -0.159. The van der Waals surface area contributed by atoms with Gasteiger partial charge in [0.1, 0.15) is 5.82 Å². The molecule has 1 atom stereocenters. The molecule has 8 heteroatoms. The van der Waals surface area contributed by atoms with E-state index in [0.717, 1.165) is 12.1 Å². The van der Waals surface area contributed by atoms with Gasteiger partial charge in [-0.1, -0.05) is 35.3 Å². The zero-order valence-electron chi connectivity index (χ0n) is 12.3. The van der Waals surface area contributed by atoms with Crippen molar-refractivity contribution in [2.24, 2.45) is 0 Å². The summed E-state index contributed by atoms with van der Waals surface area (Å²) in [6.07, 6.45) is 1.29. The molecule has 0 aromatic heterocycles. The van der Waals surface area contributed by atoms with E-state index in [0.29, 0.717) is 24.9 Å². The lowest BCUT2D eigenvalue weighted by molar-refractivity contribution is 0.396. The molecule has 2 aromatic carbocycles. The van der Waals surface area contributed by atoms with Crippen LogP contribution < -0.4 is 0 Å². The van der Waals surface area contributed by atoms with Gasteiger partial charge in [0.25, 0.3) is 0 Å². The molecule has 0 spiro atoms. The fraction of sp³-hybridized carbons (Fsp3) is 0.250. The lowest BCUT2D eigenvalue weighted by Crippen LogP contribution is -2.30. The molecule has 0 bridgehead atoms. The van der Waals surface area contributed by atoms with Gasteiger partial charge in [-0.3, -0.25) is 0 Å². The largest absolute Gasteiger partial charge is 0.243 e. The van der Waals surface area contributed by atoms with Crippen molar-refractivity contribution in [1.82, 2.24) is 4.31 Å². The number of benzene rings is 2. The molecule has 0 aliphatic carbocycles. The minimum absolute atomic E-state index is 0.159. The van der Waals surface area contributed by atoms with Crippen LogP contribution in [0.4, 0.5) is 8.78 Å². The van der Waals surface area contributed by atoms with Gasteiger partial charge in [0.15, 0.2) is 5.82 Å². The number of sulfonamides is 1. The molecule has 0 amide bonds. The highest BCUT2D eigenvalue weighted by Crippen LogP contribution is 2.38. The number of rotatable bonds is 3. The second-order valence-corrected chi connectivity index (χ2v) is 8.23. The molecule has 24 heavy (non-hydrogen) atoms. The minimum Gasteiger partial charge on any atom is -0.207 e. The highest BCUT2D eigenvalue weighted by Gasteiger charge is 2.36. The van der Waals surface area contributed by atoms with Crippen molar-refractivity contribution >= 4 is 33.2 Å². The van der Waals surface area contributed by atoms with E-state index in [1.807, 2.05) is 0 Å². The summed E-state index contributed by atoms with van der Waals surface area (Å²) in [6, 6.07) is 7.43. The van der Waals surface area contributed by atoms with Gasteiger partial charge in [0, 0.05) is 6.54 Å². The van der Waals surface area contributed by atoms with Crippen molar-refractivity contribution in [2.45, 2.75) is 23.8 Å². The van der Waals surface area contributed by atoms with E-state index in [2.05, 4.69) is 0 Å². The molecular weight excluding hydrogens is 379 g/mol. The number of hydrogen-bond donors (Lipinski definition) is 0. The van der Waals surface area contributed by atoms with E-state index in [1.165, 1.54) is 16.4 Å². The first-order valence-electron chi connectivity index (χ1n) is 7.22. The Labute approximate surface area is 148 Å². The maximum absolute atomic E-state index is 13.5. The van der Waals surface area contributed by atoms with E-state index in [4.69, 9.17) is 23.2 Å². The second-order valence-electron chi connectivity index (χ2n) is 5.53. The van der Waals surface area contributed by atoms with Crippen LogP contribution >= 0.6 is 23.2 Å². The normalized spacial score (nSPS) is 18.9. The maximum Gasteiger partial charge on any atom is 0.243 e. The van der Waals surface area contributed by atoms with Gasteiger partial charge in [-0.2, -0.15) is 4.31 Å². The predicted octanol–water partition coefficient (Wildman–Crippen LogP) is 4.80. The summed E-state index contributed by atoms with van der Waals surface area (Å²) < 4.78 is 53.8. The summed E-state index contributed by atoms with van der Waals surface area (Å²) >= 11 is 11.4. The van der Waals surface area contributed by atoms with Crippen molar-refractivity contribution in [1.29, 1.82) is 0 Å². The first kappa shape index (κ1) is 17.6. The summed E-state index contributed by atoms with van der Waals surface area (Å²) in [5, 5.41) is -0.697. The maximum atomic E-state index is 13.5. The van der Waals surface area contributed by atoms with E-state index < -0.39 is 21.9 Å². The summed E-state index contributed by atoms with van der Waals surface area (Å²) in [7, 11) is -3.90. The Morgan fingerprint density at radius 3 is 2.21 bits per heavy atom. The van der Waals surface area contributed by atoms with Crippen LogP contribution in [0.2, 0.25) is 10.0 Å². The third kappa shape index (κ3) is 3.16. The van der Waals surface area contributed by atoms with Crippen LogP contribution in [0.15, 0.2) is 41.3 Å². The molecule has 0 radical (unpaired) electrons. The van der Waals surface area contributed by atoms with Gasteiger partial charge in [-0.25, -0.2) is 17.2 Å². The van der Waals surface area contributed by atoms with Crippen molar-refractivity contribution in [2.75, 3.05) is 6.54 Å². The lowest BCUT2D eigenvalue weighted by atomic mass is 10.1. The van der Waals surface area contributed by atoms with Gasteiger partial charge < -0.3 is 0 Å². The molecule has 0 N–H and O–H groups in total. The van der Waals surface area contributed by atoms with Crippen LogP contribution in [0, 0.1) is 11.6 Å². The summed E-state index contributed by atoms with van der Waals surface area (Å²) in [5.74, 6) is -1.24. The first-order valence-corrected chi connectivity index (χ1v) is 9.42. The standard InChI is InChI=1S/C16H13Cl2F2NO2S/c17-13-8-12(9-14(18)16(13)20)24(22,23)21-7-1-2-15(21)10-3-5-11(19)6-4-10/h3-6,8-9,15H,1-2,7H2/t15-/m1/s1. The second kappa shape index (κ2) is 6.59. The van der Waals surface area contributed by atoms with E-state index in [9.17, 15) is 17.2 Å². The minimum atomic E-state index is -3.90. The monoisotopic (exact) mass is 391 g/mol. The number of hydrogen-bond acceptors (Lipinski definition) is 2. The zero-order chi connectivity index (χ0) is 17.5. The average Bonchev–Trinajstić information content (AvgIpc) is 3.03. The van der Waals surface area contributed by atoms with Crippen molar-refractivity contribution < 1.29 is 17.2 Å². The molecule has 1 aliphatic heterocycles. The van der Waals surface area contributed by atoms with Crippen LogP contribution in [-0.2, 0) is 10.0 Å². The average molecular weight is 392 g/mol. The summed E-state index contributed by atoms with van der Waals surface area (Å²) in [6.45, 7) is 0.316. The molecule has 3 rings (SSSR count). The van der Waals surface area contributed by atoms with Gasteiger partial charge in [0.05, 0.1) is 21.0 Å².